The lowest BCUT2D eigenvalue weighted by Gasteiger charge is -2.09. The highest BCUT2D eigenvalue weighted by atomic mass is 32.1. The van der Waals surface area contributed by atoms with E-state index in [0.29, 0.717) is 0 Å². The number of hydrogen-bond donors (Lipinski definition) is 0. The minimum absolute atomic E-state index is 1.15. The number of thiophene rings is 1. The zero-order valence-corrected chi connectivity index (χ0v) is 10.3. The molecule has 0 saturated carbocycles. The summed E-state index contributed by atoms with van der Waals surface area (Å²) in [5.41, 5.74) is 3.59. The number of nitrogens with zero attached hydrogens (tertiary/aromatic N) is 2. The van der Waals surface area contributed by atoms with Gasteiger partial charge in [-0.15, -0.1) is 11.3 Å². The summed E-state index contributed by atoms with van der Waals surface area (Å²) < 4.78 is 2.14. The molecule has 0 bridgehead atoms. The zero-order valence-electron chi connectivity index (χ0n) is 9.50. The second kappa shape index (κ2) is 4.18. The van der Waals surface area contributed by atoms with Gasteiger partial charge in [0.05, 0.1) is 28.8 Å². The Morgan fingerprint density at radius 3 is 2.76 bits per heavy atom. The lowest BCUT2D eigenvalue weighted by Crippen LogP contribution is -1.96. The van der Waals surface area contributed by atoms with Gasteiger partial charge in [0.1, 0.15) is 0 Å². The molecular weight excluding hydrogens is 228 g/mol. The lowest BCUT2D eigenvalue weighted by atomic mass is 10.2. The molecule has 17 heavy (non-hydrogen) atoms. The molecule has 3 rings (SSSR count). The van der Waals surface area contributed by atoms with E-state index in [-0.39, 0.29) is 0 Å². The maximum Gasteiger partial charge on any atom is 0.0997 e. The van der Waals surface area contributed by atoms with Crippen LogP contribution in [0.15, 0.2) is 54.3 Å². The number of rotatable bonds is 2. The SMILES string of the molecule is Cc1ccccc1-n1cncc1-c1cccs1. The van der Waals surface area contributed by atoms with Gasteiger partial charge in [0, 0.05) is 0 Å². The normalized spacial score (nSPS) is 10.6. The summed E-state index contributed by atoms with van der Waals surface area (Å²) in [7, 11) is 0. The average Bonchev–Trinajstić information content (AvgIpc) is 3.00. The van der Waals surface area contributed by atoms with Crippen molar-refractivity contribution in [3.8, 4) is 16.3 Å². The Morgan fingerprint density at radius 1 is 1.12 bits per heavy atom. The van der Waals surface area contributed by atoms with Crippen LogP contribution >= 0.6 is 11.3 Å². The van der Waals surface area contributed by atoms with Gasteiger partial charge in [-0.2, -0.15) is 0 Å². The fourth-order valence-corrected chi connectivity index (χ4v) is 2.66. The molecule has 1 aromatic carbocycles. The molecule has 0 N–H and O–H groups in total. The molecule has 0 amide bonds. The van der Waals surface area contributed by atoms with E-state index >= 15 is 0 Å². The lowest BCUT2D eigenvalue weighted by molar-refractivity contribution is 1.05. The monoisotopic (exact) mass is 240 g/mol. The van der Waals surface area contributed by atoms with Crippen molar-refractivity contribution < 1.29 is 0 Å². The quantitative estimate of drug-likeness (QED) is 0.664. The molecule has 0 fully saturated rings. The van der Waals surface area contributed by atoms with Gasteiger partial charge in [-0.3, -0.25) is 4.57 Å². The summed E-state index contributed by atoms with van der Waals surface area (Å²) >= 11 is 1.73. The van der Waals surface area contributed by atoms with Crippen molar-refractivity contribution >= 4 is 11.3 Å². The van der Waals surface area contributed by atoms with Crippen molar-refractivity contribution in [3.63, 3.8) is 0 Å². The molecule has 0 unspecified atom stereocenters. The summed E-state index contributed by atoms with van der Waals surface area (Å²) in [5, 5.41) is 2.09. The first-order chi connectivity index (χ1) is 8.36. The number of para-hydroxylation sites is 1. The maximum atomic E-state index is 4.27. The summed E-state index contributed by atoms with van der Waals surface area (Å²) in [5.74, 6) is 0. The van der Waals surface area contributed by atoms with Crippen molar-refractivity contribution in [2.45, 2.75) is 6.92 Å². The summed E-state index contributed by atoms with van der Waals surface area (Å²) in [4.78, 5) is 5.51. The van der Waals surface area contributed by atoms with Gasteiger partial charge in [0.15, 0.2) is 0 Å². The highest BCUT2D eigenvalue weighted by molar-refractivity contribution is 7.13. The number of aryl methyl sites for hydroxylation is 1. The molecule has 2 heterocycles. The van der Waals surface area contributed by atoms with Gasteiger partial charge in [-0.1, -0.05) is 24.3 Å². The smallest absolute Gasteiger partial charge is 0.0997 e. The molecule has 0 atom stereocenters. The predicted octanol–water partition coefficient (Wildman–Crippen LogP) is 3.91. The van der Waals surface area contributed by atoms with Gasteiger partial charge in [0.25, 0.3) is 0 Å². The third-order valence-electron chi connectivity index (χ3n) is 2.79. The van der Waals surface area contributed by atoms with E-state index in [1.54, 1.807) is 11.3 Å². The average molecular weight is 240 g/mol. The van der Waals surface area contributed by atoms with Crippen LogP contribution in [-0.2, 0) is 0 Å². The highest BCUT2D eigenvalue weighted by Crippen LogP contribution is 2.27. The van der Waals surface area contributed by atoms with Crippen molar-refractivity contribution in [2.24, 2.45) is 0 Å². The Balaban J connectivity index is 2.17. The van der Waals surface area contributed by atoms with Gasteiger partial charge in [0.2, 0.25) is 0 Å². The molecule has 3 aromatic rings. The second-order valence-electron chi connectivity index (χ2n) is 3.91. The van der Waals surface area contributed by atoms with E-state index in [1.165, 1.54) is 16.1 Å². The van der Waals surface area contributed by atoms with E-state index in [2.05, 4.69) is 58.3 Å². The van der Waals surface area contributed by atoms with Crippen LogP contribution in [0.25, 0.3) is 16.3 Å². The van der Waals surface area contributed by atoms with Crippen molar-refractivity contribution in [3.05, 3.63) is 59.9 Å². The predicted molar refractivity (Wildman–Crippen MR) is 71.6 cm³/mol. The van der Waals surface area contributed by atoms with E-state index in [4.69, 9.17) is 0 Å². The topological polar surface area (TPSA) is 17.8 Å². The number of benzene rings is 1. The van der Waals surface area contributed by atoms with Crippen LogP contribution in [-0.4, -0.2) is 9.55 Å². The highest BCUT2D eigenvalue weighted by Gasteiger charge is 2.08. The van der Waals surface area contributed by atoms with Gasteiger partial charge < -0.3 is 0 Å². The second-order valence-corrected chi connectivity index (χ2v) is 4.86. The van der Waals surface area contributed by atoms with Crippen molar-refractivity contribution in [2.75, 3.05) is 0 Å². The third-order valence-corrected chi connectivity index (χ3v) is 3.68. The van der Waals surface area contributed by atoms with Crippen LogP contribution in [0, 0.1) is 6.92 Å². The Bertz CT molecular complexity index is 623. The first-order valence-electron chi connectivity index (χ1n) is 5.48. The number of aromatic nitrogens is 2. The first kappa shape index (κ1) is 10.3. The fraction of sp³-hybridized carbons (Fsp3) is 0.0714. The molecule has 0 spiro atoms. The van der Waals surface area contributed by atoms with Gasteiger partial charge in [-0.25, -0.2) is 4.98 Å². The Labute approximate surface area is 104 Å². The van der Waals surface area contributed by atoms with E-state index in [0.717, 1.165) is 5.69 Å². The van der Waals surface area contributed by atoms with Crippen LogP contribution in [0.3, 0.4) is 0 Å². The van der Waals surface area contributed by atoms with Crippen LogP contribution in [0.4, 0.5) is 0 Å². The third kappa shape index (κ3) is 1.78. The van der Waals surface area contributed by atoms with Crippen LogP contribution in [0.2, 0.25) is 0 Å². The van der Waals surface area contributed by atoms with Crippen LogP contribution in [0.5, 0.6) is 0 Å². The first-order valence-corrected chi connectivity index (χ1v) is 6.36. The molecule has 0 aliphatic heterocycles. The minimum atomic E-state index is 1.15. The molecule has 3 heteroatoms. The number of imidazole rings is 1. The van der Waals surface area contributed by atoms with E-state index < -0.39 is 0 Å². The zero-order chi connectivity index (χ0) is 11.7. The summed E-state index contributed by atoms with van der Waals surface area (Å²) in [6, 6.07) is 12.5. The largest absolute Gasteiger partial charge is 0.298 e. The summed E-state index contributed by atoms with van der Waals surface area (Å²) in [6.07, 6.45) is 3.79. The standard InChI is InChI=1S/C14H12N2S/c1-11-5-2-3-6-12(11)16-10-15-9-13(16)14-7-4-8-17-14/h2-10H,1H3. The molecule has 0 radical (unpaired) electrons. The fourth-order valence-electron chi connectivity index (χ4n) is 1.93. The maximum absolute atomic E-state index is 4.27. The molecule has 2 nitrogen and oxygen atoms in total. The molecule has 0 saturated heterocycles. The van der Waals surface area contributed by atoms with Crippen LogP contribution < -0.4 is 0 Å². The summed E-state index contributed by atoms with van der Waals surface area (Å²) in [6.45, 7) is 2.12. The Hall–Kier alpha value is -1.87. The molecule has 0 aliphatic rings. The molecule has 2 aromatic heterocycles. The van der Waals surface area contributed by atoms with Gasteiger partial charge >= 0.3 is 0 Å². The van der Waals surface area contributed by atoms with Crippen LogP contribution in [0.1, 0.15) is 5.56 Å². The molecule has 84 valence electrons. The van der Waals surface area contributed by atoms with Crippen molar-refractivity contribution in [1.82, 2.24) is 9.55 Å². The van der Waals surface area contributed by atoms with E-state index in [1.807, 2.05) is 12.5 Å². The van der Waals surface area contributed by atoms with Gasteiger partial charge in [-0.05, 0) is 30.0 Å². The van der Waals surface area contributed by atoms with E-state index in [9.17, 15) is 0 Å². The Kier molecular flexibility index (Phi) is 2.53. The molecular formula is C14H12N2S. The van der Waals surface area contributed by atoms with Crippen molar-refractivity contribution in [1.29, 1.82) is 0 Å². The Morgan fingerprint density at radius 2 is 2.00 bits per heavy atom. The minimum Gasteiger partial charge on any atom is -0.298 e. The number of hydrogen-bond acceptors (Lipinski definition) is 2. The molecule has 0 aliphatic carbocycles.